The standard InChI is InChI=1S/2C21H25.2C10H15.2C6H10.2ClH.2Zr/c2*1-20(2,3)16-9-7-14-11-15-8-10-17(21(4,5)6)13-19(15)18(14)12-16;2*1-8-5-6-9(7-8)10(2,3)4;2*1-2-4-6-5-3-1;;;;/h2*7,9-10,12-13H,11H2,1-6H3;2*6-8H,1-4H3;2*1-5H2;2*1H;;/q4*-1;;;;;2*+2/p-2. The van der Waals surface area contributed by atoms with Crippen LogP contribution in [0.5, 0.6) is 0 Å². The fraction of sp³-hybridized carbons (Fsp3) is 0.541. The molecule has 0 bridgehead atoms. The third-order valence-corrected chi connectivity index (χ3v) is 18.0. The molecule has 2 saturated carbocycles. The molecule has 10 rings (SSSR count). The second-order valence-corrected chi connectivity index (χ2v) is 32.4. The van der Waals surface area contributed by atoms with E-state index in [2.05, 4.69) is 248 Å². The molecule has 0 heterocycles. The van der Waals surface area contributed by atoms with Gasteiger partial charge in [-0.3, -0.25) is 12.2 Å². The number of hydrogen-bond acceptors (Lipinski definition) is 0. The van der Waals surface area contributed by atoms with Crippen LogP contribution in [0.25, 0.3) is 22.3 Å². The molecule has 0 N–H and O–H groups in total. The van der Waals surface area contributed by atoms with Crippen LogP contribution in [0.3, 0.4) is 0 Å². The van der Waals surface area contributed by atoms with Gasteiger partial charge >= 0.3 is 119 Å². The summed E-state index contributed by atoms with van der Waals surface area (Å²) in [6.45, 7) is 45.0. The van der Waals surface area contributed by atoms with Gasteiger partial charge in [0.25, 0.3) is 0 Å². The molecule has 0 saturated heterocycles. The minimum atomic E-state index is 0. The monoisotopic (exact) mass is 1240 g/mol. The Hall–Kier alpha value is -2.07. The molecule has 2 fully saturated rings. The second-order valence-electron chi connectivity index (χ2n) is 28.9. The van der Waals surface area contributed by atoms with Gasteiger partial charge in [0.2, 0.25) is 0 Å². The van der Waals surface area contributed by atoms with E-state index in [4.69, 9.17) is 0 Å². The van der Waals surface area contributed by atoms with Crippen molar-refractivity contribution < 1.29 is 73.3 Å². The first-order valence-corrected chi connectivity index (χ1v) is 31.7. The van der Waals surface area contributed by atoms with Crippen LogP contribution >= 0.6 is 0 Å². The normalized spacial score (nSPS) is 18.1. The molecule has 0 nitrogen and oxygen atoms in total. The SMILES string of the molecule is CC(C)(C)c1c[c-]c2c(c1)-c1cc(C(C)(C)C)ccc1C2.CC(C)(C)c1c[c-]c2c(c1)-c1cc(C(C)(C)C)ccc1C2.CC1[C-]=CC(C(C)(C)C)=C1.CC1[C-]=CC(C(C)(C)C)=C1.[Cl-].[Cl-].[Zr+2]=[C]1CCCCC1.[Zr+2]=[C]1CCCCC1. The Bertz CT molecular complexity index is 2430. The first kappa shape index (κ1) is 70.2. The zero-order valence-corrected chi connectivity index (χ0v) is 58.9. The van der Waals surface area contributed by atoms with Crippen LogP contribution in [0.2, 0.25) is 0 Å². The summed E-state index contributed by atoms with van der Waals surface area (Å²) in [6, 6.07) is 30.1. The minimum absolute atomic E-state index is 0. The van der Waals surface area contributed by atoms with Crippen LogP contribution in [0.15, 0.2) is 96.1 Å². The Kier molecular flexibility index (Phi) is 26.5. The molecular weight excluding hydrogens is 1140 g/mol. The van der Waals surface area contributed by atoms with Crippen molar-refractivity contribution in [2.24, 2.45) is 22.7 Å². The van der Waals surface area contributed by atoms with Gasteiger partial charge in [0, 0.05) is 0 Å². The number of rotatable bonds is 0. The van der Waals surface area contributed by atoms with E-state index in [0.717, 1.165) is 12.8 Å². The molecule has 2 unspecified atom stereocenters. The maximum absolute atomic E-state index is 3.53. The van der Waals surface area contributed by atoms with E-state index in [1.165, 1.54) is 142 Å². The molecule has 6 aliphatic carbocycles. The molecule has 0 amide bonds. The summed E-state index contributed by atoms with van der Waals surface area (Å²) in [4.78, 5) is 0. The molecule has 2 atom stereocenters. The van der Waals surface area contributed by atoms with Crippen molar-refractivity contribution in [3.8, 4) is 22.3 Å². The van der Waals surface area contributed by atoms with Crippen LogP contribution < -0.4 is 24.8 Å². The quantitative estimate of drug-likeness (QED) is 0.133. The Labute approximate surface area is 522 Å². The topological polar surface area (TPSA) is 0 Å². The van der Waals surface area contributed by atoms with Crippen LogP contribution in [-0.2, 0) is 83.0 Å². The van der Waals surface area contributed by atoms with Crippen molar-refractivity contribution in [2.45, 2.75) is 237 Å². The van der Waals surface area contributed by atoms with E-state index in [9.17, 15) is 0 Å². The third kappa shape index (κ3) is 21.3. The number of hydrogen-bond donors (Lipinski definition) is 0. The van der Waals surface area contributed by atoms with E-state index < -0.39 is 0 Å². The van der Waals surface area contributed by atoms with Gasteiger partial charge in [-0.1, -0.05) is 231 Å². The van der Waals surface area contributed by atoms with E-state index in [1.807, 2.05) is 0 Å². The zero-order chi connectivity index (χ0) is 56.6. The summed E-state index contributed by atoms with van der Waals surface area (Å²) in [5.74, 6) is 1.04. The van der Waals surface area contributed by atoms with Gasteiger partial charge in [-0.2, -0.15) is 82.0 Å². The number of halogens is 2. The molecule has 0 radical (unpaired) electrons. The molecule has 4 aromatic rings. The number of benzene rings is 4. The molecule has 4 heteroatoms. The van der Waals surface area contributed by atoms with Crippen LogP contribution in [0, 0.1) is 47.0 Å². The van der Waals surface area contributed by atoms with Crippen molar-refractivity contribution in [1.29, 1.82) is 0 Å². The predicted molar refractivity (Wildman–Crippen MR) is 327 cm³/mol. The summed E-state index contributed by atoms with van der Waals surface area (Å²) < 4.78 is 3.61. The fourth-order valence-corrected chi connectivity index (χ4v) is 11.8. The van der Waals surface area contributed by atoms with Gasteiger partial charge in [0.05, 0.1) is 0 Å². The van der Waals surface area contributed by atoms with E-state index in [-0.39, 0.29) is 46.5 Å². The molecule has 420 valence electrons. The van der Waals surface area contributed by atoms with Crippen molar-refractivity contribution in [3.05, 3.63) is 165 Å². The van der Waals surface area contributed by atoms with E-state index in [0.29, 0.717) is 22.7 Å². The summed E-state index contributed by atoms with van der Waals surface area (Å²) in [7, 11) is 0. The first-order valence-electron chi connectivity index (χ1n) is 29.2. The molecule has 0 spiro atoms. The maximum atomic E-state index is 3.53. The third-order valence-electron chi connectivity index (χ3n) is 15.6. The zero-order valence-electron chi connectivity index (χ0n) is 52.5. The summed E-state index contributed by atoms with van der Waals surface area (Å²) in [5, 5.41) is 0. The molecule has 4 aromatic carbocycles. The van der Waals surface area contributed by atoms with Gasteiger partial charge in [0.15, 0.2) is 0 Å². The Morgan fingerprint density at radius 2 is 0.679 bits per heavy atom. The van der Waals surface area contributed by atoms with Crippen molar-refractivity contribution in [1.82, 2.24) is 0 Å². The van der Waals surface area contributed by atoms with Gasteiger partial charge < -0.3 is 24.8 Å². The average molecular weight is 1240 g/mol. The average Bonchev–Trinajstić information content (AvgIpc) is 4.13. The number of fused-ring (bicyclic) bond motifs is 6. The molecule has 0 aromatic heterocycles. The predicted octanol–water partition coefficient (Wildman–Crippen LogP) is 14.6. The summed E-state index contributed by atoms with van der Waals surface area (Å²) in [6.07, 6.45) is 32.0. The van der Waals surface area contributed by atoms with Gasteiger partial charge in [0.1, 0.15) is 0 Å². The van der Waals surface area contributed by atoms with Crippen molar-refractivity contribution >= 4 is 6.41 Å². The van der Waals surface area contributed by atoms with Crippen LogP contribution in [0.4, 0.5) is 0 Å². The Morgan fingerprint density at radius 3 is 0.897 bits per heavy atom. The van der Waals surface area contributed by atoms with E-state index >= 15 is 0 Å². The molecule has 6 aliphatic rings. The fourth-order valence-electron chi connectivity index (χ4n) is 10.0. The van der Waals surface area contributed by atoms with Crippen molar-refractivity contribution in [3.63, 3.8) is 0 Å². The van der Waals surface area contributed by atoms with Crippen LogP contribution in [0.1, 0.15) is 247 Å². The van der Waals surface area contributed by atoms with E-state index in [1.54, 1.807) is 54.9 Å². The molecule has 78 heavy (non-hydrogen) atoms. The first-order chi connectivity index (χ1) is 35.1. The second kappa shape index (κ2) is 29.4. The van der Waals surface area contributed by atoms with Gasteiger partial charge in [-0.25, -0.2) is 12.2 Å². The summed E-state index contributed by atoms with van der Waals surface area (Å²) >= 11 is 3.38. The van der Waals surface area contributed by atoms with Gasteiger partial charge in [-0.05, 0) is 34.8 Å². The van der Waals surface area contributed by atoms with Crippen LogP contribution in [-0.4, -0.2) is 6.41 Å². The summed E-state index contributed by atoms with van der Waals surface area (Å²) in [5.41, 5.74) is 21.0. The van der Waals surface area contributed by atoms with Gasteiger partial charge in [-0.15, -0.1) is 11.1 Å². The molecular formula is C74H100Cl2Zr2-2. The van der Waals surface area contributed by atoms with Crippen molar-refractivity contribution in [2.75, 3.05) is 0 Å². The Morgan fingerprint density at radius 1 is 0.385 bits per heavy atom. The number of allylic oxidation sites excluding steroid dienone is 8. The Balaban J connectivity index is 0.000000260. The molecule has 0 aliphatic heterocycles.